The molecule has 2 rings (SSSR count). The minimum atomic E-state index is -3.68. The van der Waals surface area contributed by atoms with E-state index >= 15 is 0 Å². The summed E-state index contributed by atoms with van der Waals surface area (Å²) in [7, 11) is -2.22. The Balaban J connectivity index is 2.38. The number of carbonyl (C=O) groups excluding carboxylic acids is 1. The highest BCUT2D eigenvalue weighted by atomic mass is 32.2. The number of nitrogens with one attached hydrogen (secondary N) is 1. The maximum absolute atomic E-state index is 12.9. The molecule has 0 unspecified atom stereocenters. The third kappa shape index (κ3) is 4.14. The van der Waals surface area contributed by atoms with Gasteiger partial charge in [-0.15, -0.1) is 11.3 Å². The number of ether oxygens (including phenoxy) is 1. The summed E-state index contributed by atoms with van der Waals surface area (Å²) >= 11 is 1.51. The van der Waals surface area contributed by atoms with Crippen molar-refractivity contribution in [2.45, 2.75) is 25.3 Å². The fourth-order valence-electron chi connectivity index (χ4n) is 2.23. The van der Waals surface area contributed by atoms with Crippen molar-refractivity contribution in [2.75, 3.05) is 19.0 Å². The second-order valence-electron chi connectivity index (χ2n) is 5.05. The lowest BCUT2D eigenvalue weighted by Crippen LogP contribution is -2.30. The molecule has 0 aliphatic rings. The van der Waals surface area contributed by atoms with Crippen molar-refractivity contribution in [3.63, 3.8) is 0 Å². The Morgan fingerprint density at radius 3 is 2.62 bits per heavy atom. The topological polar surface area (TPSA) is 75.7 Å². The van der Waals surface area contributed by atoms with Crippen LogP contribution >= 0.6 is 11.3 Å². The van der Waals surface area contributed by atoms with Gasteiger partial charge >= 0.3 is 0 Å². The van der Waals surface area contributed by atoms with Crippen molar-refractivity contribution in [1.82, 2.24) is 4.31 Å². The van der Waals surface area contributed by atoms with E-state index in [9.17, 15) is 13.2 Å². The van der Waals surface area contributed by atoms with Crippen LogP contribution in [0.2, 0.25) is 0 Å². The van der Waals surface area contributed by atoms with E-state index in [0.717, 1.165) is 4.88 Å². The third-order valence-corrected chi connectivity index (χ3v) is 6.16. The fourth-order valence-corrected chi connectivity index (χ4v) is 4.48. The molecule has 0 aliphatic heterocycles. The predicted molar refractivity (Wildman–Crippen MR) is 94.9 cm³/mol. The highest BCUT2D eigenvalue weighted by molar-refractivity contribution is 7.89. The largest absolute Gasteiger partial charge is 0.495 e. The van der Waals surface area contributed by atoms with Gasteiger partial charge in [0.25, 0.3) is 0 Å². The van der Waals surface area contributed by atoms with Gasteiger partial charge in [0.05, 0.1) is 17.7 Å². The van der Waals surface area contributed by atoms with Crippen LogP contribution in [0.5, 0.6) is 5.75 Å². The Bertz CT molecular complexity index is 801. The number of hydrogen-bond donors (Lipinski definition) is 1. The normalized spacial score (nSPS) is 11.5. The van der Waals surface area contributed by atoms with Gasteiger partial charge in [-0.2, -0.15) is 4.31 Å². The molecule has 0 saturated carbocycles. The van der Waals surface area contributed by atoms with Gasteiger partial charge in [-0.05, 0) is 29.6 Å². The van der Waals surface area contributed by atoms with Gasteiger partial charge in [-0.25, -0.2) is 8.42 Å². The summed E-state index contributed by atoms with van der Waals surface area (Å²) in [5.74, 6) is 0.110. The summed E-state index contributed by atoms with van der Waals surface area (Å²) < 4.78 is 32.4. The van der Waals surface area contributed by atoms with E-state index in [0.29, 0.717) is 24.5 Å². The highest BCUT2D eigenvalue weighted by Crippen LogP contribution is 2.29. The Kier molecular flexibility index (Phi) is 5.98. The van der Waals surface area contributed by atoms with Crippen molar-refractivity contribution >= 4 is 33.0 Å². The van der Waals surface area contributed by atoms with Crippen LogP contribution in [0.4, 0.5) is 5.69 Å². The number of nitrogens with zero attached hydrogens (tertiary/aromatic N) is 1. The minimum Gasteiger partial charge on any atom is -0.495 e. The van der Waals surface area contributed by atoms with Crippen LogP contribution in [0.3, 0.4) is 0 Å². The van der Waals surface area contributed by atoms with Gasteiger partial charge in [-0.3, -0.25) is 4.79 Å². The Morgan fingerprint density at radius 1 is 1.33 bits per heavy atom. The first-order valence-corrected chi connectivity index (χ1v) is 9.68. The number of methoxy groups -OCH3 is 1. The Labute approximate surface area is 146 Å². The molecule has 0 saturated heterocycles. The number of thiophene rings is 1. The summed E-state index contributed by atoms with van der Waals surface area (Å²) in [6.07, 6.45) is 0. The second kappa shape index (κ2) is 7.78. The summed E-state index contributed by atoms with van der Waals surface area (Å²) in [6.45, 7) is 3.82. The van der Waals surface area contributed by atoms with Gasteiger partial charge in [0.2, 0.25) is 15.9 Å². The molecule has 2 aromatic rings. The van der Waals surface area contributed by atoms with Crippen molar-refractivity contribution in [1.29, 1.82) is 0 Å². The van der Waals surface area contributed by atoms with E-state index in [2.05, 4.69) is 5.32 Å². The summed E-state index contributed by atoms with van der Waals surface area (Å²) in [6, 6.07) is 8.24. The lowest BCUT2D eigenvalue weighted by molar-refractivity contribution is -0.114. The van der Waals surface area contributed by atoms with Crippen LogP contribution in [0.1, 0.15) is 18.7 Å². The Hall–Kier alpha value is -1.90. The van der Waals surface area contributed by atoms with Gasteiger partial charge in [0, 0.05) is 24.9 Å². The first-order valence-electron chi connectivity index (χ1n) is 7.36. The van der Waals surface area contributed by atoms with Crippen LogP contribution in [-0.4, -0.2) is 32.3 Å². The summed E-state index contributed by atoms with van der Waals surface area (Å²) in [5.41, 5.74) is 0.332. The third-order valence-electron chi connectivity index (χ3n) is 3.38. The molecule has 0 aliphatic carbocycles. The molecule has 0 fully saturated rings. The van der Waals surface area contributed by atoms with Gasteiger partial charge in [-0.1, -0.05) is 13.0 Å². The molecule has 8 heteroatoms. The molecular weight excluding hydrogens is 348 g/mol. The van der Waals surface area contributed by atoms with E-state index < -0.39 is 10.0 Å². The van der Waals surface area contributed by atoms with Crippen LogP contribution in [0.15, 0.2) is 40.6 Å². The predicted octanol–water partition coefficient (Wildman–Crippen LogP) is 2.93. The molecule has 0 spiro atoms. The maximum atomic E-state index is 12.9. The zero-order chi connectivity index (χ0) is 17.7. The summed E-state index contributed by atoms with van der Waals surface area (Å²) in [5, 5.41) is 4.51. The van der Waals surface area contributed by atoms with Crippen molar-refractivity contribution in [3.05, 3.63) is 40.6 Å². The monoisotopic (exact) mass is 368 g/mol. The van der Waals surface area contributed by atoms with E-state index in [1.54, 1.807) is 6.92 Å². The lowest BCUT2D eigenvalue weighted by atomic mass is 10.3. The first kappa shape index (κ1) is 18.4. The number of sulfonamides is 1. The molecule has 24 heavy (non-hydrogen) atoms. The quantitative estimate of drug-likeness (QED) is 0.815. The summed E-state index contributed by atoms with van der Waals surface area (Å²) in [4.78, 5) is 12.4. The van der Waals surface area contributed by atoms with E-state index in [-0.39, 0.29) is 10.8 Å². The van der Waals surface area contributed by atoms with Crippen molar-refractivity contribution in [3.8, 4) is 5.75 Å². The molecule has 6 nitrogen and oxygen atoms in total. The molecule has 1 aromatic carbocycles. The van der Waals surface area contributed by atoms with Crippen LogP contribution in [0, 0.1) is 0 Å². The average Bonchev–Trinajstić information content (AvgIpc) is 3.04. The number of carbonyl (C=O) groups is 1. The molecule has 130 valence electrons. The Morgan fingerprint density at radius 2 is 2.08 bits per heavy atom. The molecule has 0 bridgehead atoms. The molecule has 1 N–H and O–H groups in total. The fraction of sp³-hybridized carbons (Fsp3) is 0.312. The molecule has 1 heterocycles. The van der Waals surface area contributed by atoms with Gasteiger partial charge in [0.15, 0.2) is 0 Å². The first-order chi connectivity index (χ1) is 11.4. The number of rotatable bonds is 7. The molecular formula is C16H20N2O4S2. The van der Waals surface area contributed by atoms with E-state index in [1.165, 1.54) is 47.9 Å². The maximum Gasteiger partial charge on any atom is 0.243 e. The lowest BCUT2D eigenvalue weighted by Gasteiger charge is -2.20. The number of amides is 1. The number of hydrogen-bond acceptors (Lipinski definition) is 5. The molecule has 0 radical (unpaired) electrons. The van der Waals surface area contributed by atoms with Gasteiger partial charge < -0.3 is 10.1 Å². The van der Waals surface area contributed by atoms with Crippen molar-refractivity contribution < 1.29 is 17.9 Å². The zero-order valence-corrected chi connectivity index (χ0v) is 15.4. The molecule has 1 aromatic heterocycles. The SMILES string of the molecule is CCN(Cc1cccs1)S(=O)(=O)c1ccc(OC)c(NC(C)=O)c1. The van der Waals surface area contributed by atoms with Crippen LogP contribution < -0.4 is 10.1 Å². The van der Waals surface area contributed by atoms with Crippen LogP contribution in [-0.2, 0) is 21.4 Å². The number of benzene rings is 1. The van der Waals surface area contributed by atoms with Crippen LogP contribution in [0.25, 0.3) is 0 Å². The highest BCUT2D eigenvalue weighted by Gasteiger charge is 2.25. The van der Waals surface area contributed by atoms with E-state index in [4.69, 9.17) is 4.74 Å². The molecule has 0 atom stereocenters. The average molecular weight is 368 g/mol. The van der Waals surface area contributed by atoms with E-state index in [1.807, 2.05) is 17.5 Å². The minimum absolute atomic E-state index is 0.116. The second-order valence-corrected chi connectivity index (χ2v) is 8.02. The standard InChI is InChI=1S/C16H20N2O4S2/c1-4-18(11-13-6-5-9-23-13)24(20,21)14-7-8-16(22-3)15(10-14)17-12(2)19/h5-10H,4,11H2,1-3H3,(H,17,19). The molecule has 1 amide bonds. The zero-order valence-electron chi connectivity index (χ0n) is 13.8. The van der Waals surface area contributed by atoms with Gasteiger partial charge in [0.1, 0.15) is 5.75 Å². The van der Waals surface area contributed by atoms with Crippen molar-refractivity contribution in [2.24, 2.45) is 0 Å². The smallest absolute Gasteiger partial charge is 0.243 e. The number of anilines is 1.